The topological polar surface area (TPSA) is 77.8 Å². The second-order valence-electron chi connectivity index (χ2n) is 10.2. The van der Waals surface area contributed by atoms with Crippen molar-refractivity contribution >= 4 is 28.9 Å². The average molecular weight is 444 g/mol. The lowest BCUT2D eigenvalue weighted by molar-refractivity contribution is 0.257. The molecule has 2 aliphatic heterocycles. The van der Waals surface area contributed by atoms with Gasteiger partial charge in [-0.15, -0.1) is 0 Å². The third-order valence-electron chi connectivity index (χ3n) is 7.67. The number of carbonyl (C=O) groups excluding carboxylic acids is 1. The molecule has 170 valence electrons. The van der Waals surface area contributed by atoms with Gasteiger partial charge in [-0.25, -0.2) is 14.8 Å². The van der Waals surface area contributed by atoms with Gasteiger partial charge in [-0.1, -0.05) is 0 Å². The predicted octanol–water partition coefficient (Wildman–Crippen LogP) is 3.45. The van der Waals surface area contributed by atoms with E-state index in [-0.39, 0.29) is 6.03 Å². The summed E-state index contributed by atoms with van der Waals surface area (Å²) < 4.78 is 2.00. The minimum absolute atomic E-state index is 0.101. The number of fused-ring (bicyclic) bond motifs is 2. The molecule has 8 nitrogen and oxygen atoms in total. The summed E-state index contributed by atoms with van der Waals surface area (Å²) in [5, 5.41) is 6.90. The van der Waals surface area contributed by atoms with E-state index in [9.17, 15) is 4.79 Å². The number of nitrogens with one attached hydrogen (secondary N) is 2. The molecule has 0 aromatic carbocycles. The Balaban J connectivity index is 1.17. The van der Waals surface area contributed by atoms with Crippen molar-refractivity contribution in [2.24, 2.45) is 0 Å². The molecule has 2 saturated carbocycles. The van der Waals surface area contributed by atoms with Crippen LogP contribution in [0.2, 0.25) is 0 Å². The van der Waals surface area contributed by atoms with Gasteiger partial charge in [-0.2, -0.15) is 0 Å². The van der Waals surface area contributed by atoms with Gasteiger partial charge in [-0.05, 0) is 62.6 Å². The number of carbonyl (C=O) groups is 1. The maximum Gasteiger partial charge on any atom is 0.327 e. The van der Waals surface area contributed by atoms with E-state index in [4.69, 9.17) is 0 Å². The van der Waals surface area contributed by atoms with Crippen LogP contribution in [-0.4, -0.2) is 52.1 Å². The Bertz CT molecular complexity index is 1270. The highest BCUT2D eigenvalue weighted by Crippen LogP contribution is 2.44. The molecule has 3 aromatic rings. The SMILES string of the molecule is Cc1cn2cc(NC(=O)N3CCc4c(N5CCNC6(CC6)C5)ccnc43)c(C3CC3)cc2n1. The van der Waals surface area contributed by atoms with Crippen molar-refractivity contribution in [3.8, 4) is 0 Å². The number of amides is 2. The molecule has 33 heavy (non-hydrogen) atoms. The number of rotatable bonds is 3. The number of imidazole rings is 1. The number of pyridine rings is 2. The summed E-state index contributed by atoms with van der Waals surface area (Å²) in [6.45, 7) is 5.72. The molecule has 0 radical (unpaired) electrons. The number of aryl methyl sites for hydroxylation is 1. The first kappa shape index (κ1) is 19.3. The summed E-state index contributed by atoms with van der Waals surface area (Å²) >= 11 is 0. The molecule has 1 spiro atoms. The Morgan fingerprint density at radius 1 is 1.24 bits per heavy atom. The number of anilines is 3. The van der Waals surface area contributed by atoms with Crippen LogP contribution < -0.4 is 20.4 Å². The number of nitrogens with zero attached hydrogens (tertiary/aromatic N) is 5. The van der Waals surface area contributed by atoms with E-state index in [1.165, 1.54) is 42.5 Å². The molecule has 2 N–H and O–H groups in total. The molecule has 2 amide bonds. The largest absolute Gasteiger partial charge is 0.368 e. The van der Waals surface area contributed by atoms with Crippen LogP contribution in [-0.2, 0) is 6.42 Å². The molecular formula is C25H29N7O. The molecule has 7 rings (SSSR count). The van der Waals surface area contributed by atoms with Gasteiger partial charge in [-0.3, -0.25) is 4.90 Å². The Morgan fingerprint density at radius 3 is 2.94 bits per heavy atom. The van der Waals surface area contributed by atoms with Crippen molar-refractivity contribution in [2.75, 3.05) is 41.3 Å². The van der Waals surface area contributed by atoms with Crippen molar-refractivity contribution in [1.82, 2.24) is 19.7 Å². The lowest BCUT2D eigenvalue weighted by Crippen LogP contribution is -2.52. The number of piperazine rings is 1. The van der Waals surface area contributed by atoms with Crippen molar-refractivity contribution in [2.45, 2.75) is 50.5 Å². The molecule has 4 aliphatic rings. The Hall–Kier alpha value is -3.13. The fraction of sp³-hybridized carbons (Fsp3) is 0.480. The van der Waals surface area contributed by atoms with Gasteiger partial charge >= 0.3 is 6.03 Å². The van der Waals surface area contributed by atoms with Gasteiger partial charge in [0.2, 0.25) is 0 Å². The fourth-order valence-corrected chi connectivity index (χ4v) is 5.61. The van der Waals surface area contributed by atoms with Gasteiger partial charge in [0.15, 0.2) is 0 Å². The van der Waals surface area contributed by atoms with E-state index in [0.29, 0.717) is 18.0 Å². The molecule has 0 bridgehead atoms. The minimum atomic E-state index is -0.101. The maximum absolute atomic E-state index is 13.4. The van der Waals surface area contributed by atoms with Gasteiger partial charge in [0.1, 0.15) is 11.5 Å². The van der Waals surface area contributed by atoms with E-state index >= 15 is 0 Å². The highest BCUT2D eigenvalue weighted by atomic mass is 16.2. The number of hydrogen-bond donors (Lipinski definition) is 2. The summed E-state index contributed by atoms with van der Waals surface area (Å²) in [6, 6.07) is 4.16. The van der Waals surface area contributed by atoms with E-state index < -0.39 is 0 Å². The van der Waals surface area contributed by atoms with Crippen molar-refractivity contribution in [1.29, 1.82) is 0 Å². The van der Waals surface area contributed by atoms with Crippen molar-refractivity contribution in [3.63, 3.8) is 0 Å². The standard InChI is InChI=1S/C25H29N7O/c1-16-13-31-14-20(19(17-2-3-17)12-22(31)28-16)29-24(33)32-10-5-18-21(4-8-26-23(18)32)30-11-9-27-25(15-30)6-7-25/h4,8,12-14,17,27H,2-3,5-7,9-11,15H2,1H3,(H,29,33). The summed E-state index contributed by atoms with van der Waals surface area (Å²) in [5.41, 5.74) is 6.76. The fourth-order valence-electron chi connectivity index (χ4n) is 5.61. The van der Waals surface area contributed by atoms with Crippen LogP contribution in [0.4, 0.5) is 22.0 Å². The predicted molar refractivity (Wildman–Crippen MR) is 128 cm³/mol. The van der Waals surface area contributed by atoms with E-state index in [1.54, 1.807) is 0 Å². The number of hydrogen-bond acceptors (Lipinski definition) is 5. The highest BCUT2D eigenvalue weighted by molar-refractivity contribution is 6.03. The zero-order valence-electron chi connectivity index (χ0n) is 19.0. The Labute approximate surface area is 193 Å². The van der Waals surface area contributed by atoms with Crippen LogP contribution in [0.3, 0.4) is 0 Å². The lowest BCUT2D eigenvalue weighted by atomic mass is 10.1. The van der Waals surface area contributed by atoms with Crippen molar-refractivity contribution in [3.05, 3.63) is 47.5 Å². The Kier molecular flexibility index (Phi) is 4.07. The highest BCUT2D eigenvalue weighted by Gasteiger charge is 2.46. The van der Waals surface area contributed by atoms with E-state index in [0.717, 1.165) is 48.9 Å². The summed E-state index contributed by atoms with van der Waals surface area (Å²) in [6.07, 6.45) is 11.6. The zero-order valence-corrected chi connectivity index (χ0v) is 19.0. The quantitative estimate of drug-likeness (QED) is 0.648. The second-order valence-corrected chi connectivity index (χ2v) is 10.2. The third kappa shape index (κ3) is 3.27. The van der Waals surface area contributed by atoms with Crippen LogP contribution in [0.1, 0.15) is 48.4 Å². The zero-order chi connectivity index (χ0) is 22.2. The molecule has 5 heterocycles. The number of aromatic nitrogens is 3. The average Bonchev–Trinajstić information content (AvgIpc) is 3.71. The lowest BCUT2D eigenvalue weighted by Gasteiger charge is -2.36. The Morgan fingerprint density at radius 2 is 2.12 bits per heavy atom. The van der Waals surface area contributed by atoms with Crippen LogP contribution in [0.5, 0.6) is 0 Å². The van der Waals surface area contributed by atoms with Crippen molar-refractivity contribution < 1.29 is 4.79 Å². The molecule has 8 heteroatoms. The third-order valence-corrected chi connectivity index (χ3v) is 7.67. The van der Waals surface area contributed by atoms with Gasteiger partial charge in [0, 0.05) is 61.6 Å². The van der Waals surface area contributed by atoms with Gasteiger partial charge < -0.3 is 19.9 Å². The monoisotopic (exact) mass is 443 g/mol. The van der Waals surface area contributed by atoms with Crippen LogP contribution in [0.15, 0.2) is 30.7 Å². The first-order valence-corrected chi connectivity index (χ1v) is 12.1. The van der Waals surface area contributed by atoms with Crippen LogP contribution in [0.25, 0.3) is 5.65 Å². The second kappa shape index (κ2) is 6.93. The summed E-state index contributed by atoms with van der Waals surface area (Å²) in [7, 11) is 0. The molecule has 3 aromatic heterocycles. The molecule has 0 atom stereocenters. The minimum Gasteiger partial charge on any atom is -0.368 e. The summed E-state index contributed by atoms with van der Waals surface area (Å²) in [5.74, 6) is 1.32. The first-order valence-electron chi connectivity index (χ1n) is 12.1. The molecule has 1 saturated heterocycles. The first-order chi connectivity index (χ1) is 16.1. The molecule has 3 fully saturated rings. The molecule has 2 aliphatic carbocycles. The van der Waals surface area contributed by atoms with E-state index in [1.807, 2.05) is 34.8 Å². The summed E-state index contributed by atoms with van der Waals surface area (Å²) in [4.78, 5) is 27.0. The van der Waals surface area contributed by atoms with Gasteiger partial charge in [0.25, 0.3) is 0 Å². The molecular weight excluding hydrogens is 414 g/mol. The molecule has 0 unspecified atom stereocenters. The smallest absolute Gasteiger partial charge is 0.327 e. The normalized spacial score (nSPS) is 21.0. The van der Waals surface area contributed by atoms with Crippen LogP contribution in [0, 0.1) is 6.92 Å². The maximum atomic E-state index is 13.4. The van der Waals surface area contributed by atoms with E-state index in [2.05, 4.69) is 37.6 Å². The van der Waals surface area contributed by atoms with Gasteiger partial charge in [0.05, 0.1) is 11.4 Å². The number of urea groups is 1. The van der Waals surface area contributed by atoms with Crippen LogP contribution >= 0.6 is 0 Å².